The van der Waals surface area contributed by atoms with E-state index < -0.39 is 60.4 Å². The van der Waals surface area contributed by atoms with Gasteiger partial charge in [0.15, 0.2) is 0 Å². The molecule has 1 aliphatic rings. The third-order valence-electron chi connectivity index (χ3n) is 6.16. The standard InChI is InChI=1S/C24H31N5O8/c1-12(30)20(23(35)28-18(24(36)37)10-19(31)32)29-22(34)17(27-21(33)16-7-4-8-25-16)9-13-11-26-15-6-3-2-5-14(13)15/h2-3,5-6,11-12,16-18,20,25-26,30H,4,7-10H2,1H3,(H,27,33)(H,28,35)(H,29,34)(H,31,32)(H,36,37). The number of carbonyl (C=O) groups excluding carboxylic acids is 3. The number of fused-ring (bicyclic) bond motifs is 1. The van der Waals surface area contributed by atoms with Gasteiger partial charge < -0.3 is 41.6 Å². The number of carbonyl (C=O) groups is 5. The summed E-state index contributed by atoms with van der Waals surface area (Å²) in [5.41, 5.74) is 1.57. The maximum absolute atomic E-state index is 13.3. The summed E-state index contributed by atoms with van der Waals surface area (Å²) < 4.78 is 0. The topological polar surface area (TPSA) is 210 Å². The van der Waals surface area contributed by atoms with Crippen LogP contribution in [0.2, 0.25) is 0 Å². The Hall–Kier alpha value is -3.97. The predicted octanol–water partition coefficient (Wildman–Crippen LogP) is -1.14. The van der Waals surface area contributed by atoms with Gasteiger partial charge in [-0.25, -0.2) is 4.79 Å². The first-order valence-electron chi connectivity index (χ1n) is 11.9. The van der Waals surface area contributed by atoms with Gasteiger partial charge >= 0.3 is 11.9 Å². The van der Waals surface area contributed by atoms with Gasteiger partial charge in [0.1, 0.15) is 18.1 Å². The van der Waals surface area contributed by atoms with Crippen molar-refractivity contribution in [3.63, 3.8) is 0 Å². The molecule has 0 radical (unpaired) electrons. The van der Waals surface area contributed by atoms with Crippen LogP contribution in [0.5, 0.6) is 0 Å². The molecule has 0 spiro atoms. The third kappa shape index (κ3) is 7.27. The second kappa shape index (κ2) is 12.3. The quantitative estimate of drug-likeness (QED) is 0.171. The van der Waals surface area contributed by atoms with E-state index in [2.05, 4.69) is 20.9 Å². The van der Waals surface area contributed by atoms with E-state index in [9.17, 15) is 34.2 Å². The molecule has 200 valence electrons. The molecule has 37 heavy (non-hydrogen) atoms. The van der Waals surface area contributed by atoms with Crippen LogP contribution in [0.1, 0.15) is 31.7 Å². The largest absolute Gasteiger partial charge is 0.481 e. The van der Waals surface area contributed by atoms with Gasteiger partial charge in [-0.2, -0.15) is 0 Å². The van der Waals surface area contributed by atoms with Crippen LogP contribution in [0, 0.1) is 0 Å². The van der Waals surface area contributed by atoms with E-state index in [4.69, 9.17) is 5.11 Å². The smallest absolute Gasteiger partial charge is 0.326 e. The first-order chi connectivity index (χ1) is 17.6. The summed E-state index contributed by atoms with van der Waals surface area (Å²) >= 11 is 0. The first kappa shape index (κ1) is 27.6. The third-order valence-corrected chi connectivity index (χ3v) is 6.16. The van der Waals surface area contributed by atoms with Crippen molar-refractivity contribution in [2.24, 2.45) is 0 Å². The molecule has 1 aromatic carbocycles. The van der Waals surface area contributed by atoms with Crippen LogP contribution in [0.4, 0.5) is 0 Å². The number of hydrogen-bond donors (Lipinski definition) is 8. The maximum atomic E-state index is 13.3. The minimum Gasteiger partial charge on any atom is -0.481 e. The Morgan fingerprint density at radius 3 is 2.38 bits per heavy atom. The molecule has 1 fully saturated rings. The van der Waals surface area contributed by atoms with E-state index in [1.165, 1.54) is 6.92 Å². The Balaban J connectivity index is 1.80. The van der Waals surface area contributed by atoms with Crippen molar-refractivity contribution in [3.8, 4) is 0 Å². The van der Waals surface area contributed by atoms with Gasteiger partial charge in [-0.3, -0.25) is 19.2 Å². The highest BCUT2D eigenvalue weighted by atomic mass is 16.4. The summed E-state index contributed by atoms with van der Waals surface area (Å²) in [4.78, 5) is 64.2. The second-order valence-corrected chi connectivity index (χ2v) is 9.00. The molecule has 1 aliphatic heterocycles. The number of carboxylic acid groups (broad SMARTS) is 2. The van der Waals surface area contributed by atoms with Crippen LogP contribution in [0.3, 0.4) is 0 Å². The monoisotopic (exact) mass is 517 g/mol. The molecule has 13 nitrogen and oxygen atoms in total. The number of aliphatic hydroxyl groups excluding tert-OH is 1. The van der Waals surface area contributed by atoms with Gasteiger partial charge in [0, 0.05) is 23.5 Å². The average molecular weight is 518 g/mol. The molecule has 1 saturated heterocycles. The Morgan fingerprint density at radius 1 is 1.03 bits per heavy atom. The summed E-state index contributed by atoms with van der Waals surface area (Å²) in [6.07, 6.45) is 0.848. The van der Waals surface area contributed by atoms with Crippen LogP contribution in [0.15, 0.2) is 30.5 Å². The number of nitrogens with one attached hydrogen (secondary N) is 5. The Bertz CT molecular complexity index is 1160. The van der Waals surface area contributed by atoms with Gasteiger partial charge in [0.25, 0.3) is 0 Å². The minimum atomic E-state index is -1.77. The van der Waals surface area contributed by atoms with Crippen LogP contribution in [0.25, 0.3) is 10.9 Å². The zero-order valence-corrected chi connectivity index (χ0v) is 20.2. The summed E-state index contributed by atoms with van der Waals surface area (Å²) in [5.74, 6) is -5.27. The summed E-state index contributed by atoms with van der Waals surface area (Å²) in [6.45, 7) is 1.88. The highest BCUT2D eigenvalue weighted by molar-refractivity contribution is 5.95. The Kier molecular flexibility index (Phi) is 9.20. The molecule has 2 heterocycles. The van der Waals surface area contributed by atoms with Crippen LogP contribution in [-0.4, -0.2) is 86.8 Å². The van der Waals surface area contributed by atoms with Gasteiger partial charge in [-0.05, 0) is 37.9 Å². The summed E-state index contributed by atoms with van der Waals surface area (Å²) in [7, 11) is 0. The number of aromatic nitrogens is 1. The van der Waals surface area contributed by atoms with Crippen molar-refractivity contribution in [2.45, 2.75) is 62.9 Å². The Morgan fingerprint density at radius 2 is 1.76 bits per heavy atom. The number of aromatic amines is 1. The van der Waals surface area contributed by atoms with Crippen molar-refractivity contribution in [1.82, 2.24) is 26.3 Å². The molecule has 0 saturated carbocycles. The molecule has 1 aromatic heterocycles. The number of aliphatic hydroxyl groups is 1. The predicted molar refractivity (Wildman–Crippen MR) is 130 cm³/mol. The van der Waals surface area contributed by atoms with Gasteiger partial charge in [0.2, 0.25) is 17.7 Å². The van der Waals surface area contributed by atoms with Crippen LogP contribution < -0.4 is 21.3 Å². The van der Waals surface area contributed by atoms with Crippen LogP contribution in [-0.2, 0) is 30.4 Å². The maximum Gasteiger partial charge on any atom is 0.326 e. The number of benzene rings is 1. The second-order valence-electron chi connectivity index (χ2n) is 9.00. The van der Waals surface area contributed by atoms with Crippen molar-refractivity contribution in [2.75, 3.05) is 6.54 Å². The zero-order valence-electron chi connectivity index (χ0n) is 20.2. The fraction of sp³-hybridized carbons (Fsp3) is 0.458. The van der Waals surface area contributed by atoms with Gasteiger partial charge in [0.05, 0.1) is 18.6 Å². The van der Waals surface area contributed by atoms with Crippen molar-refractivity contribution >= 4 is 40.6 Å². The normalized spacial score (nSPS) is 18.4. The van der Waals surface area contributed by atoms with E-state index in [0.29, 0.717) is 13.0 Å². The molecule has 0 bridgehead atoms. The molecule has 0 aliphatic carbocycles. The van der Waals surface area contributed by atoms with E-state index in [1.807, 2.05) is 29.6 Å². The van der Waals surface area contributed by atoms with E-state index >= 15 is 0 Å². The lowest BCUT2D eigenvalue weighted by Gasteiger charge is -2.26. The van der Waals surface area contributed by atoms with Crippen LogP contribution >= 0.6 is 0 Å². The SMILES string of the molecule is CC(O)C(NC(=O)C(Cc1c[nH]c2ccccc12)NC(=O)C1CCCN1)C(=O)NC(CC(=O)O)C(=O)O. The Labute approximate surface area is 212 Å². The lowest BCUT2D eigenvalue weighted by Crippen LogP contribution is -2.60. The number of hydrogen-bond acceptors (Lipinski definition) is 7. The minimum absolute atomic E-state index is 0.0687. The van der Waals surface area contributed by atoms with Crippen molar-refractivity contribution in [3.05, 3.63) is 36.0 Å². The molecule has 3 rings (SSSR count). The summed E-state index contributed by atoms with van der Waals surface area (Å²) in [6, 6.07) is 2.43. The van der Waals surface area contributed by atoms with Crippen molar-refractivity contribution in [1.29, 1.82) is 0 Å². The molecule has 2 aromatic rings. The lowest BCUT2D eigenvalue weighted by molar-refractivity contribution is -0.148. The molecule has 5 atom stereocenters. The van der Waals surface area contributed by atoms with Gasteiger partial charge in [-0.1, -0.05) is 18.2 Å². The number of H-pyrrole nitrogens is 1. The first-order valence-corrected chi connectivity index (χ1v) is 11.9. The fourth-order valence-electron chi connectivity index (χ4n) is 4.21. The van der Waals surface area contributed by atoms with E-state index in [-0.39, 0.29) is 12.3 Å². The zero-order chi connectivity index (χ0) is 27.1. The molecular formula is C24H31N5O8. The number of para-hydroxylation sites is 1. The molecule has 13 heteroatoms. The molecule has 8 N–H and O–H groups in total. The van der Waals surface area contributed by atoms with E-state index in [0.717, 1.165) is 22.9 Å². The highest BCUT2D eigenvalue weighted by Gasteiger charge is 2.34. The lowest BCUT2D eigenvalue weighted by atomic mass is 10.0. The molecule has 5 unspecified atom stereocenters. The average Bonchev–Trinajstić information content (AvgIpc) is 3.51. The molecule has 3 amide bonds. The van der Waals surface area contributed by atoms with Crippen molar-refractivity contribution < 1.29 is 39.3 Å². The number of rotatable bonds is 12. The number of amides is 3. The van der Waals surface area contributed by atoms with Gasteiger partial charge in [-0.15, -0.1) is 0 Å². The molecular weight excluding hydrogens is 486 g/mol. The highest BCUT2D eigenvalue weighted by Crippen LogP contribution is 2.19. The number of carboxylic acids is 2. The number of aliphatic carboxylic acids is 2. The van der Waals surface area contributed by atoms with E-state index in [1.54, 1.807) is 6.20 Å². The summed E-state index contributed by atoms with van der Waals surface area (Å²) in [5, 5.41) is 39.3. The fourth-order valence-corrected chi connectivity index (χ4v) is 4.21.